The first kappa shape index (κ1) is 90.1. The Bertz CT molecular complexity index is 4010. The molecule has 0 spiro atoms. The molecule has 0 bridgehead atoms. The molecule has 116 heavy (non-hydrogen) atoms. The quantitative estimate of drug-likeness (QED) is 0.0336. The van der Waals surface area contributed by atoms with Crippen LogP contribution in [0, 0.1) is 11.8 Å². The number of allylic oxidation sites excluding steroid dienone is 7. The number of aliphatic hydroxyl groups excluding tert-OH is 1. The summed E-state index contributed by atoms with van der Waals surface area (Å²) in [5.74, 6) is -1.38. The van der Waals surface area contributed by atoms with E-state index in [1.54, 1.807) is 79.6 Å². The summed E-state index contributed by atoms with van der Waals surface area (Å²) < 4.78 is 79.7. The second-order valence-electron chi connectivity index (χ2n) is 28.6. The van der Waals surface area contributed by atoms with E-state index in [4.69, 9.17) is 66.3 Å². The number of amides is 8. The number of aliphatic imine (C=N–C) groups is 1. The molecule has 6 aliphatic rings. The van der Waals surface area contributed by atoms with Crippen LogP contribution < -0.4 is 45.1 Å². The highest BCUT2D eigenvalue weighted by molar-refractivity contribution is 6.07. The van der Waals surface area contributed by atoms with Gasteiger partial charge in [0.15, 0.2) is 29.2 Å². The number of nitrogens with zero attached hydrogens (tertiary/aromatic N) is 5. The van der Waals surface area contributed by atoms with E-state index >= 15 is 0 Å². The zero-order valence-corrected chi connectivity index (χ0v) is 67.7. The average Bonchev–Trinajstić information content (AvgIpc) is 1.50. The van der Waals surface area contributed by atoms with Crippen molar-refractivity contribution in [2.45, 2.75) is 129 Å². The van der Waals surface area contributed by atoms with Crippen molar-refractivity contribution in [3.8, 4) is 23.0 Å². The fourth-order valence-electron chi connectivity index (χ4n) is 13.5. The van der Waals surface area contributed by atoms with Gasteiger partial charge < -0.3 is 107 Å². The Balaban J connectivity index is 0.570. The lowest BCUT2D eigenvalue weighted by Gasteiger charge is -2.31. The topological polar surface area (TPSA) is 359 Å². The number of benzene rings is 3. The third-order valence-electron chi connectivity index (χ3n) is 19.6. The van der Waals surface area contributed by atoms with E-state index in [0.29, 0.717) is 165 Å². The van der Waals surface area contributed by atoms with Crippen LogP contribution in [0.4, 0.5) is 21.9 Å². The number of unbranched alkanes of at least 4 members (excludes halogenated alkanes) is 2. The first-order valence-corrected chi connectivity index (χ1v) is 39.6. The van der Waals surface area contributed by atoms with Crippen molar-refractivity contribution in [1.82, 2.24) is 30.7 Å². The molecule has 5 aliphatic heterocycles. The van der Waals surface area contributed by atoms with E-state index in [1.165, 1.54) is 38.2 Å². The molecule has 3 aromatic carbocycles. The Kier molecular flexibility index (Phi) is 36.8. The van der Waals surface area contributed by atoms with Crippen molar-refractivity contribution in [2.75, 3.05) is 164 Å². The highest BCUT2D eigenvalue weighted by atomic mass is 16.6. The number of aliphatic hydroxyl groups is 1. The van der Waals surface area contributed by atoms with Crippen molar-refractivity contribution >= 4 is 70.7 Å². The van der Waals surface area contributed by atoms with Crippen molar-refractivity contribution < 1.29 is 110 Å². The molecule has 32 heteroatoms. The van der Waals surface area contributed by atoms with Gasteiger partial charge in [-0.3, -0.25) is 38.6 Å². The molecule has 0 aromatic heterocycles. The fourth-order valence-corrected chi connectivity index (χ4v) is 13.5. The third-order valence-corrected chi connectivity index (χ3v) is 19.6. The van der Waals surface area contributed by atoms with Gasteiger partial charge >= 0.3 is 6.09 Å². The summed E-state index contributed by atoms with van der Waals surface area (Å²) in [5, 5.41) is 23.0. The van der Waals surface area contributed by atoms with Gasteiger partial charge in [-0.25, -0.2) is 9.69 Å². The minimum Gasteiger partial charge on any atom is -0.493 e. The Morgan fingerprint density at radius 1 is 0.578 bits per heavy atom. The van der Waals surface area contributed by atoms with Crippen molar-refractivity contribution in [3.05, 3.63) is 137 Å². The van der Waals surface area contributed by atoms with E-state index < -0.39 is 60.3 Å². The van der Waals surface area contributed by atoms with E-state index in [0.717, 1.165) is 28.0 Å². The lowest BCUT2D eigenvalue weighted by Crippen LogP contribution is -2.53. The van der Waals surface area contributed by atoms with Crippen LogP contribution in [-0.4, -0.2) is 263 Å². The van der Waals surface area contributed by atoms with Crippen LogP contribution in [0.2, 0.25) is 0 Å². The Labute approximate surface area is 677 Å². The molecular formula is C84H113N9O23. The monoisotopic (exact) mass is 1620 g/mol. The number of rotatable bonds is 50. The number of likely N-dealkylation sites (tertiary alicyclic amines) is 1. The molecule has 3 aromatic rings. The summed E-state index contributed by atoms with van der Waals surface area (Å²) in [4.78, 5) is 118. The van der Waals surface area contributed by atoms with Gasteiger partial charge in [0.05, 0.1) is 168 Å². The maximum absolute atomic E-state index is 14.3. The maximum Gasteiger partial charge on any atom is 0.416 e. The summed E-state index contributed by atoms with van der Waals surface area (Å²) in [7, 11) is 4.55. The lowest BCUT2D eigenvalue weighted by molar-refractivity contribution is -0.136. The standard InChI is InChI=1S/C84H113N9O23/c1-56(2)77(89-75(95)24-29-106-31-33-108-35-37-110-39-41-112-43-44-113-42-40-111-38-36-109-34-32-107-30-25-85-74(94)23-26-90-76(96)49-64(83(90)105-8)61-17-13-10-9-11-14-18-61)79(98)87-59(5)78(97)88-62-21-19-60(20-22-62)55-116-84(102)93-68-51-73(71(104-7)48-66(68)81(100)92-54-58(4)46-69(92)82(93)101)115-28-16-12-15-27-114-72-50-67-65(47-70(72)103-6)80(99)91-53-57(3)45-63(91)52-86-67/h9-11,13-14,17-22,47-48,50-54,56,59,63-64,69,77,82-83,101H,12,15-16,23-46,49,55H2,1-8H3,(H,85,94)(H,87,98)(H,88,97)(H,89,95)/b10-9-,11-9?,13-10?,14-11-,17-13-,18-14?,61-17?,61-18+/t59-,63-,64?,69-,77-,82-,83?/m0/s1. The molecule has 8 amide bonds. The minimum absolute atomic E-state index is 0.0134. The van der Waals surface area contributed by atoms with Gasteiger partial charge in [0.2, 0.25) is 29.5 Å². The van der Waals surface area contributed by atoms with E-state index in [2.05, 4.69) is 26.3 Å². The Morgan fingerprint density at radius 2 is 1.14 bits per heavy atom. The van der Waals surface area contributed by atoms with Gasteiger partial charge in [-0.15, -0.1) is 0 Å². The highest BCUT2D eigenvalue weighted by Gasteiger charge is 2.46. The number of hydrogen-bond acceptors (Lipinski definition) is 24. The SMILES string of the molecule is COc1cc2c(cc1OCCCCCOc1cc3c(cc1OC)C(=O)N1C=C(C)C[C@H]1[C@H](O)N3C(=O)OCc1ccc(NC(=O)[C@H](C)NC(=O)[C@@H](NC(=O)CCOCCOCCOCCOCCOCCOCCOCCOCCNC(=O)CCN3C(=O)CC(C4=C/C=C\C=C/C=C\4)C3OC)C(C)C)cc1)N=C[C@@H]1CC(C)=CN1C2=O. The average molecular weight is 1620 g/mol. The molecule has 1 aliphatic carbocycles. The molecule has 5 heterocycles. The summed E-state index contributed by atoms with van der Waals surface area (Å²) in [6.07, 6.45) is 19.5. The molecule has 632 valence electrons. The van der Waals surface area contributed by atoms with Crippen molar-refractivity contribution in [2.24, 2.45) is 16.8 Å². The number of methoxy groups -OCH3 is 3. The van der Waals surface area contributed by atoms with E-state index in [1.807, 2.05) is 62.6 Å². The maximum atomic E-state index is 14.3. The molecule has 7 atom stereocenters. The van der Waals surface area contributed by atoms with Gasteiger partial charge in [-0.05, 0) is 94.2 Å². The van der Waals surface area contributed by atoms with Crippen LogP contribution in [0.1, 0.15) is 112 Å². The molecule has 0 radical (unpaired) electrons. The number of fused-ring (bicyclic) bond motifs is 4. The normalized spacial score (nSPS) is 19.8. The van der Waals surface area contributed by atoms with E-state index in [9.17, 15) is 43.5 Å². The molecule has 1 saturated heterocycles. The number of nitrogens with one attached hydrogen (secondary N) is 4. The van der Waals surface area contributed by atoms with Gasteiger partial charge in [-0.2, -0.15) is 0 Å². The lowest BCUT2D eigenvalue weighted by atomic mass is 9.95. The van der Waals surface area contributed by atoms with Crippen molar-refractivity contribution in [1.29, 1.82) is 0 Å². The van der Waals surface area contributed by atoms with E-state index in [-0.39, 0.29) is 111 Å². The fraction of sp³-hybridized carbons (Fsp3) is 0.536. The summed E-state index contributed by atoms with van der Waals surface area (Å²) in [6.45, 7) is 15.4. The van der Waals surface area contributed by atoms with Crippen LogP contribution in [0.25, 0.3) is 0 Å². The smallest absolute Gasteiger partial charge is 0.416 e. The molecule has 32 nitrogen and oxygen atoms in total. The summed E-state index contributed by atoms with van der Waals surface area (Å²) in [6, 6.07) is 9.95. The van der Waals surface area contributed by atoms with Gasteiger partial charge in [-0.1, -0.05) is 79.7 Å². The number of anilines is 2. The van der Waals surface area contributed by atoms with Gasteiger partial charge in [0.25, 0.3) is 11.8 Å². The zero-order valence-electron chi connectivity index (χ0n) is 67.7. The second kappa shape index (κ2) is 47.4. The third kappa shape index (κ3) is 26.8. The van der Waals surface area contributed by atoms with Crippen LogP contribution in [-0.2, 0) is 77.9 Å². The number of carbonyl (C=O) groups is 8. The first-order chi connectivity index (χ1) is 56.3. The Hall–Kier alpha value is -9.87. The Morgan fingerprint density at radius 3 is 1.75 bits per heavy atom. The molecule has 5 N–H and O–H groups in total. The molecule has 0 saturated carbocycles. The largest absolute Gasteiger partial charge is 0.493 e. The van der Waals surface area contributed by atoms with Crippen LogP contribution in [0.3, 0.4) is 0 Å². The van der Waals surface area contributed by atoms with Gasteiger partial charge in [0.1, 0.15) is 24.9 Å². The number of hydrogen-bond donors (Lipinski definition) is 5. The zero-order chi connectivity index (χ0) is 82.7. The summed E-state index contributed by atoms with van der Waals surface area (Å²) >= 11 is 0. The molecule has 9 rings (SSSR count). The minimum atomic E-state index is -1.53. The summed E-state index contributed by atoms with van der Waals surface area (Å²) in [5.41, 5.74) is 4.93. The number of ether oxygens (including phenoxy) is 14. The second-order valence-corrected chi connectivity index (χ2v) is 28.6. The highest BCUT2D eigenvalue weighted by Crippen LogP contribution is 2.43. The molecule has 1 fully saturated rings. The van der Waals surface area contributed by atoms with Crippen LogP contribution in [0.15, 0.2) is 125 Å². The predicted octanol–water partition coefficient (Wildman–Crippen LogP) is 7.80. The molecule has 2 unspecified atom stereocenters. The number of carbonyl (C=O) groups excluding carboxylic acids is 8. The molecular weight excluding hydrogens is 1500 g/mol. The van der Waals surface area contributed by atoms with Gasteiger partial charge in [0, 0.05) is 81.8 Å². The first-order valence-electron chi connectivity index (χ1n) is 39.6. The van der Waals surface area contributed by atoms with Crippen LogP contribution >= 0.6 is 0 Å². The predicted molar refractivity (Wildman–Crippen MR) is 429 cm³/mol. The van der Waals surface area contributed by atoms with Crippen LogP contribution in [0.5, 0.6) is 23.0 Å². The van der Waals surface area contributed by atoms with Crippen molar-refractivity contribution in [3.63, 3.8) is 0 Å².